The monoisotopic (exact) mass is 683 g/mol. The molecule has 238 valence electrons. The van der Waals surface area contributed by atoms with Gasteiger partial charge < -0.3 is 0 Å². The van der Waals surface area contributed by atoms with E-state index in [0.717, 1.165) is 48.5 Å². The highest BCUT2D eigenvalue weighted by atomic mass is 32.3. The molecule has 1 heterocycles. The van der Waals surface area contributed by atoms with Crippen LogP contribution in [-0.4, -0.2) is 16.8 Å². The molecular formula is C34H19F6NO4S2. The number of nitrogens with one attached hydrogen (secondary N) is 1. The highest BCUT2D eigenvalue weighted by Crippen LogP contribution is 2.51. The number of halogens is 6. The predicted octanol–water partition coefficient (Wildman–Crippen LogP) is 9.01. The van der Waals surface area contributed by atoms with Crippen molar-refractivity contribution in [3.63, 3.8) is 0 Å². The first-order valence-corrected chi connectivity index (χ1v) is 16.8. The van der Waals surface area contributed by atoms with Crippen LogP contribution in [0.15, 0.2) is 119 Å². The van der Waals surface area contributed by atoms with Crippen LogP contribution in [0.3, 0.4) is 0 Å². The minimum atomic E-state index is -4.97. The fourth-order valence-corrected chi connectivity index (χ4v) is 9.76. The van der Waals surface area contributed by atoms with Gasteiger partial charge in [-0.05, 0) is 69.1 Å². The minimum absolute atomic E-state index is 0.0217. The van der Waals surface area contributed by atoms with E-state index in [1.807, 2.05) is 4.13 Å². The van der Waals surface area contributed by atoms with Gasteiger partial charge in [0.15, 0.2) is 0 Å². The van der Waals surface area contributed by atoms with E-state index in [0.29, 0.717) is 21.5 Å². The molecule has 0 radical (unpaired) electrons. The van der Waals surface area contributed by atoms with Crippen molar-refractivity contribution in [2.24, 2.45) is 0 Å². The fourth-order valence-electron chi connectivity index (χ4n) is 6.05. The van der Waals surface area contributed by atoms with Gasteiger partial charge >= 0.3 is 12.4 Å². The first kappa shape index (κ1) is 30.9. The highest BCUT2D eigenvalue weighted by Gasteiger charge is 2.40. The first-order chi connectivity index (χ1) is 22.1. The topological polar surface area (TPSA) is 80.3 Å². The third-order valence-electron chi connectivity index (χ3n) is 8.06. The third kappa shape index (κ3) is 5.14. The molecule has 47 heavy (non-hydrogen) atoms. The zero-order valence-corrected chi connectivity index (χ0v) is 25.2. The van der Waals surface area contributed by atoms with Crippen LogP contribution in [0.5, 0.6) is 0 Å². The summed E-state index contributed by atoms with van der Waals surface area (Å²) in [5.41, 5.74) is -1.91. The number of rotatable bonds is 2. The summed E-state index contributed by atoms with van der Waals surface area (Å²) >= 11 is 0. The molecule has 7 rings (SSSR count). The van der Waals surface area contributed by atoms with Gasteiger partial charge in [-0.3, -0.25) is 0 Å². The third-order valence-corrected chi connectivity index (χ3v) is 11.7. The number of sulfonamides is 2. The maximum atomic E-state index is 14.2. The predicted molar refractivity (Wildman–Crippen MR) is 165 cm³/mol. The second kappa shape index (κ2) is 10.4. The maximum Gasteiger partial charge on any atom is 0.416 e. The Morgan fingerprint density at radius 2 is 0.809 bits per heavy atom. The van der Waals surface area contributed by atoms with Gasteiger partial charge in [0, 0.05) is 22.3 Å². The van der Waals surface area contributed by atoms with Crippen molar-refractivity contribution in [3.05, 3.63) is 120 Å². The van der Waals surface area contributed by atoms with Gasteiger partial charge in [0.1, 0.15) is 0 Å². The lowest BCUT2D eigenvalue weighted by molar-refractivity contribution is -0.138. The van der Waals surface area contributed by atoms with E-state index in [9.17, 15) is 43.2 Å². The van der Waals surface area contributed by atoms with E-state index in [2.05, 4.69) is 0 Å². The molecule has 6 aromatic carbocycles. The van der Waals surface area contributed by atoms with Gasteiger partial charge in [0.05, 0.1) is 20.9 Å². The molecule has 0 spiro atoms. The van der Waals surface area contributed by atoms with Gasteiger partial charge in [-0.15, -0.1) is 4.13 Å². The molecule has 0 aromatic heterocycles. The largest absolute Gasteiger partial charge is 0.416 e. The van der Waals surface area contributed by atoms with Crippen LogP contribution in [0.2, 0.25) is 0 Å². The van der Waals surface area contributed by atoms with E-state index >= 15 is 0 Å². The average molecular weight is 684 g/mol. The minimum Gasteiger partial charge on any atom is -0.206 e. The second-order valence-corrected chi connectivity index (χ2v) is 14.4. The standard InChI is InChI=1S/C34H19F6NO4S2/c35-33(36,37)23-13-9-19(10-14-23)27-17-21-5-1-3-7-25(21)29-30-26-8-4-2-6-22(26)18-28(20-11-15-24(16-12-20)34(38,39)40)32(30)47(44,45)41-46(42,43)31(27)29/h1-18,41H. The summed E-state index contributed by atoms with van der Waals surface area (Å²) in [4.78, 5) is -0.957. The Kier molecular flexibility index (Phi) is 6.83. The molecular weight excluding hydrogens is 664 g/mol. The lowest BCUT2D eigenvalue weighted by Crippen LogP contribution is -2.30. The molecule has 0 atom stereocenters. The van der Waals surface area contributed by atoms with E-state index in [1.54, 1.807) is 48.5 Å². The summed E-state index contributed by atoms with van der Waals surface area (Å²) in [7, 11) is -9.93. The van der Waals surface area contributed by atoms with Crippen molar-refractivity contribution in [1.82, 2.24) is 4.13 Å². The molecule has 0 saturated carbocycles. The number of hydrogen-bond donors (Lipinski definition) is 1. The smallest absolute Gasteiger partial charge is 0.206 e. The van der Waals surface area contributed by atoms with Crippen LogP contribution in [-0.2, 0) is 32.4 Å². The van der Waals surface area contributed by atoms with Crippen LogP contribution < -0.4 is 4.13 Å². The van der Waals surface area contributed by atoms with Crippen LogP contribution in [0, 0.1) is 0 Å². The van der Waals surface area contributed by atoms with Crippen LogP contribution in [0.25, 0.3) is 54.9 Å². The van der Waals surface area contributed by atoms with Crippen LogP contribution in [0.1, 0.15) is 11.1 Å². The van der Waals surface area contributed by atoms with Crippen LogP contribution >= 0.6 is 0 Å². The van der Waals surface area contributed by atoms with Crippen molar-refractivity contribution in [2.45, 2.75) is 22.1 Å². The van der Waals surface area contributed by atoms with Crippen molar-refractivity contribution in [1.29, 1.82) is 0 Å². The number of alkyl halides is 6. The van der Waals surface area contributed by atoms with Crippen molar-refractivity contribution >= 4 is 41.6 Å². The van der Waals surface area contributed by atoms with Crippen molar-refractivity contribution in [3.8, 4) is 33.4 Å². The second-order valence-electron chi connectivity index (χ2n) is 10.9. The number of fused-ring (bicyclic) bond motifs is 7. The molecule has 0 bridgehead atoms. The molecule has 0 fully saturated rings. The maximum absolute atomic E-state index is 14.2. The Morgan fingerprint density at radius 1 is 0.468 bits per heavy atom. The van der Waals surface area contributed by atoms with Crippen LogP contribution in [0.4, 0.5) is 26.3 Å². The summed E-state index contributed by atoms with van der Waals surface area (Å²) < 4.78 is 139. The van der Waals surface area contributed by atoms with Gasteiger partial charge in [-0.2, -0.15) is 26.3 Å². The Hall–Kier alpha value is -4.72. The summed E-state index contributed by atoms with van der Waals surface area (Å²) in [5.74, 6) is 0. The fraction of sp³-hybridized carbons (Fsp3) is 0.0588. The molecule has 1 N–H and O–H groups in total. The SMILES string of the molecule is O=S1(=O)NS(=O)(=O)c2c(-c3ccc(C(F)(F)F)cc3)cc3ccccc3c2-c2c1c(-c1ccc(C(F)(F)F)cc1)cc1ccccc21. The zero-order valence-electron chi connectivity index (χ0n) is 23.6. The Morgan fingerprint density at radius 3 is 1.15 bits per heavy atom. The Balaban J connectivity index is 1.67. The molecule has 1 aliphatic rings. The lowest BCUT2D eigenvalue weighted by Gasteiger charge is -2.20. The molecule has 0 amide bonds. The lowest BCUT2D eigenvalue weighted by atomic mass is 9.88. The molecule has 13 heteroatoms. The van der Waals surface area contributed by atoms with Gasteiger partial charge in [-0.25, -0.2) is 16.8 Å². The quantitative estimate of drug-likeness (QED) is 0.185. The summed E-state index contributed by atoms with van der Waals surface area (Å²) in [6.45, 7) is 0. The Bertz CT molecular complexity index is 2300. The molecule has 6 aromatic rings. The van der Waals surface area contributed by atoms with E-state index < -0.39 is 53.3 Å². The normalized spacial score (nSPS) is 15.6. The van der Waals surface area contributed by atoms with E-state index in [-0.39, 0.29) is 33.4 Å². The molecule has 1 aliphatic heterocycles. The number of benzene rings is 6. The first-order valence-electron chi connectivity index (χ1n) is 13.8. The average Bonchev–Trinajstić information content (AvgIpc) is 3.09. The molecule has 0 aliphatic carbocycles. The molecule has 5 nitrogen and oxygen atoms in total. The van der Waals surface area contributed by atoms with E-state index in [4.69, 9.17) is 0 Å². The summed E-state index contributed by atoms with van der Waals surface area (Å²) in [5, 5.41) is 1.59. The molecule has 0 unspecified atom stereocenters. The van der Waals surface area contributed by atoms with Gasteiger partial charge in [-0.1, -0.05) is 72.8 Å². The van der Waals surface area contributed by atoms with Crippen molar-refractivity contribution in [2.75, 3.05) is 0 Å². The zero-order chi connectivity index (χ0) is 33.5. The van der Waals surface area contributed by atoms with E-state index in [1.165, 1.54) is 12.1 Å². The van der Waals surface area contributed by atoms with Gasteiger partial charge in [0.25, 0.3) is 20.0 Å². The summed E-state index contributed by atoms with van der Waals surface area (Å²) in [6, 6.07) is 23.7. The summed E-state index contributed by atoms with van der Waals surface area (Å²) in [6.07, 6.45) is -9.32. The van der Waals surface area contributed by atoms with Gasteiger partial charge in [0.2, 0.25) is 0 Å². The number of hydrogen-bond acceptors (Lipinski definition) is 4. The highest BCUT2D eigenvalue weighted by molar-refractivity contribution is 8.05. The molecule has 0 saturated heterocycles. The van der Waals surface area contributed by atoms with Crippen molar-refractivity contribution < 1.29 is 43.2 Å². The Labute approximate surface area is 264 Å².